The number of carbonyl (C=O) groups excluding carboxylic acids is 2. The lowest BCUT2D eigenvalue weighted by Crippen LogP contribution is -2.32. The van der Waals surface area contributed by atoms with Crippen LogP contribution in [0.15, 0.2) is 48.0 Å². The van der Waals surface area contributed by atoms with E-state index in [1.165, 1.54) is 4.90 Å². The van der Waals surface area contributed by atoms with Crippen LogP contribution < -0.4 is 9.47 Å². The second-order valence-electron chi connectivity index (χ2n) is 8.36. The second kappa shape index (κ2) is 9.67. The number of Topliss-reactive ketones (excluding diaryl/α,β-unsaturated/α-hetero) is 1. The Bertz CT molecular complexity index is 1090. The first-order valence-electron chi connectivity index (χ1n) is 11.2. The number of aliphatic hydroxyl groups is 1. The van der Waals surface area contributed by atoms with Crippen molar-refractivity contribution in [3.63, 3.8) is 0 Å². The van der Waals surface area contributed by atoms with E-state index in [9.17, 15) is 14.7 Å². The molecule has 7 heteroatoms. The van der Waals surface area contributed by atoms with Gasteiger partial charge in [-0.15, -0.1) is 0 Å². The first kappa shape index (κ1) is 22.9. The van der Waals surface area contributed by atoms with Crippen LogP contribution in [0.1, 0.15) is 43.0 Å². The van der Waals surface area contributed by atoms with Gasteiger partial charge < -0.3 is 24.2 Å². The molecule has 0 spiro atoms. The molecule has 1 saturated heterocycles. The number of carbonyl (C=O) groups is 2. The average Bonchev–Trinajstić information content (AvgIpc) is 3.31. The number of aliphatic hydroxyl groups excluding tert-OH is 1. The normalized spacial score (nSPS) is 21.2. The van der Waals surface area contributed by atoms with Crippen LogP contribution in [0.25, 0.3) is 5.76 Å². The van der Waals surface area contributed by atoms with E-state index in [0.717, 1.165) is 24.2 Å². The molecular formula is C26H29NO6. The molecular weight excluding hydrogens is 422 g/mol. The summed E-state index contributed by atoms with van der Waals surface area (Å²) in [7, 11) is 1.54. The van der Waals surface area contributed by atoms with Crippen LogP contribution in [0.3, 0.4) is 0 Å². The maximum atomic E-state index is 13.1. The Kier molecular flexibility index (Phi) is 6.70. The van der Waals surface area contributed by atoms with Gasteiger partial charge in [-0.05, 0) is 54.8 Å². The Labute approximate surface area is 193 Å². The summed E-state index contributed by atoms with van der Waals surface area (Å²) in [5.74, 6) is -0.136. The van der Waals surface area contributed by atoms with Crippen LogP contribution in [-0.4, -0.2) is 54.7 Å². The van der Waals surface area contributed by atoms with Gasteiger partial charge in [-0.1, -0.05) is 19.1 Å². The molecule has 0 saturated carbocycles. The minimum absolute atomic E-state index is 0.0582. The smallest absolute Gasteiger partial charge is 0.295 e. The maximum absolute atomic E-state index is 13.1. The van der Waals surface area contributed by atoms with E-state index in [0.29, 0.717) is 23.5 Å². The molecule has 174 valence electrons. The SMILES string of the molecule is CCCOc1cccc([C@H]2/C(=C(\O)c3ccc4c(c3)C[C@@H](C)O4)C(=O)C(=O)N2CCOC)c1. The summed E-state index contributed by atoms with van der Waals surface area (Å²) < 4.78 is 16.7. The lowest BCUT2D eigenvalue weighted by atomic mass is 9.94. The number of hydrogen-bond acceptors (Lipinski definition) is 6. The van der Waals surface area contributed by atoms with Crippen molar-refractivity contribution in [1.82, 2.24) is 4.90 Å². The fourth-order valence-electron chi connectivity index (χ4n) is 4.37. The minimum Gasteiger partial charge on any atom is -0.507 e. The van der Waals surface area contributed by atoms with Crippen molar-refractivity contribution < 1.29 is 28.9 Å². The monoisotopic (exact) mass is 451 g/mol. The molecule has 2 heterocycles. The number of benzene rings is 2. The van der Waals surface area contributed by atoms with E-state index >= 15 is 0 Å². The number of nitrogens with zero attached hydrogens (tertiary/aromatic N) is 1. The van der Waals surface area contributed by atoms with Crippen LogP contribution in [0.4, 0.5) is 0 Å². The van der Waals surface area contributed by atoms with Gasteiger partial charge in [0.05, 0.1) is 24.8 Å². The Morgan fingerprint density at radius 2 is 2.00 bits per heavy atom. The molecule has 7 nitrogen and oxygen atoms in total. The number of hydrogen-bond donors (Lipinski definition) is 1. The topological polar surface area (TPSA) is 85.3 Å². The predicted octanol–water partition coefficient (Wildman–Crippen LogP) is 3.87. The van der Waals surface area contributed by atoms with Crippen molar-refractivity contribution in [2.75, 3.05) is 26.9 Å². The van der Waals surface area contributed by atoms with Gasteiger partial charge in [0.2, 0.25) is 0 Å². The average molecular weight is 452 g/mol. The summed E-state index contributed by atoms with van der Waals surface area (Å²) in [6, 6.07) is 11.9. The van der Waals surface area contributed by atoms with E-state index in [1.54, 1.807) is 19.2 Å². The number of fused-ring (bicyclic) bond motifs is 1. The zero-order chi connectivity index (χ0) is 23.5. The highest BCUT2D eigenvalue weighted by molar-refractivity contribution is 6.46. The summed E-state index contributed by atoms with van der Waals surface area (Å²) in [6.07, 6.45) is 1.64. The highest BCUT2D eigenvalue weighted by atomic mass is 16.5. The zero-order valence-corrected chi connectivity index (χ0v) is 19.2. The Hall–Kier alpha value is -3.32. The fourth-order valence-corrected chi connectivity index (χ4v) is 4.37. The molecule has 4 rings (SSSR count). The summed E-state index contributed by atoms with van der Waals surface area (Å²) in [5.41, 5.74) is 2.21. The molecule has 2 atom stereocenters. The Morgan fingerprint density at radius 1 is 1.18 bits per heavy atom. The molecule has 1 amide bonds. The molecule has 2 aliphatic heterocycles. The van der Waals surface area contributed by atoms with Crippen LogP contribution in [0, 0.1) is 0 Å². The minimum atomic E-state index is -0.742. The van der Waals surface area contributed by atoms with Crippen LogP contribution >= 0.6 is 0 Å². The predicted molar refractivity (Wildman–Crippen MR) is 123 cm³/mol. The highest BCUT2D eigenvalue weighted by Gasteiger charge is 2.46. The van der Waals surface area contributed by atoms with Crippen LogP contribution in [-0.2, 0) is 20.7 Å². The molecule has 1 N–H and O–H groups in total. The third-order valence-corrected chi connectivity index (χ3v) is 5.89. The summed E-state index contributed by atoms with van der Waals surface area (Å²) in [6.45, 7) is 5.05. The van der Waals surface area contributed by atoms with E-state index in [-0.39, 0.29) is 30.6 Å². The quantitative estimate of drug-likeness (QED) is 0.373. The van der Waals surface area contributed by atoms with Crippen LogP contribution in [0.2, 0.25) is 0 Å². The Balaban J connectivity index is 1.80. The van der Waals surface area contributed by atoms with E-state index in [1.807, 2.05) is 44.2 Å². The van der Waals surface area contributed by atoms with Crippen molar-refractivity contribution in [1.29, 1.82) is 0 Å². The first-order chi connectivity index (χ1) is 15.9. The van der Waals surface area contributed by atoms with E-state index in [2.05, 4.69) is 0 Å². The third kappa shape index (κ3) is 4.46. The molecule has 0 aromatic heterocycles. The number of rotatable bonds is 8. The van der Waals surface area contributed by atoms with Crippen molar-refractivity contribution in [2.45, 2.75) is 38.8 Å². The largest absolute Gasteiger partial charge is 0.507 e. The standard InChI is InChI=1S/C26H29NO6/c1-4-11-32-20-7-5-6-17(15-20)23-22(25(29)26(30)27(23)10-12-31-3)24(28)18-8-9-21-19(14-18)13-16(2)33-21/h5-9,14-16,23,28H,4,10-13H2,1-3H3/b24-22+/t16-,23+/m1/s1. The number of ether oxygens (including phenoxy) is 3. The lowest BCUT2D eigenvalue weighted by Gasteiger charge is -2.25. The maximum Gasteiger partial charge on any atom is 0.295 e. The van der Waals surface area contributed by atoms with E-state index < -0.39 is 17.7 Å². The molecule has 2 aromatic carbocycles. The molecule has 0 radical (unpaired) electrons. The molecule has 0 bridgehead atoms. The van der Waals surface area contributed by atoms with Gasteiger partial charge in [-0.2, -0.15) is 0 Å². The van der Waals surface area contributed by atoms with Crippen molar-refractivity contribution in [2.24, 2.45) is 0 Å². The van der Waals surface area contributed by atoms with Gasteiger partial charge in [0.15, 0.2) is 0 Å². The van der Waals surface area contributed by atoms with Crippen molar-refractivity contribution in [3.05, 3.63) is 64.7 Å². The molecule has 1 fully saturated rings. The number of methoxy groups -OCH3 is 1. The van der Waals surface area contributed by atoms with Crippen molar-refractivity contribution in [3.8, 4) is 11.5 Å². The van der Waals surface area contributed by atoms with Crippen LogP contribution in [0.5, 0.6) is 11.5 Å². The Morgan fingerprint density at radius 3 is 2.76 bits per heavy atom. The number of likely N-dealkylation sites (tertiary alicyclic amines) is 1. The molecule has 2 aromatic rings. The summed E-state index contributed by atoms with van der Waals surface area (Å²) in [5, 5.41) is 11.3. The van der Waals surface area contributed by atoms with Gasteiger partial charge in [-0.25, -0.2) is 0 Å². The summed E-state index contributed by atoms with van der Waals surface area (Å²) in [4.78, 5) is 27.5. The van der Waals surface area contributed by atoms with Gasteiger partial charge in [-0.3, -0.25) is 9.59 Å². The summed E-state index contributed by atoms with van der Waals surface area (Å²) >= 11 is 0. The third-order valence-electron chi connectivity index (χ3n) is 5.89. The lowest BCUT2D eigenvalue weighted by molar-refractivity contribution is -0.140. The molecule has 0 aliphatic carbocycles. The van der Waals surface area contributed by atoms with Crippen molar-refractivity contribution >= 4 is 17.4 Å². The van der Waals surface area contributed by atoms with Gasteiger partial charge in [0, 0.05) is 25.6 Å². The fraction of sp³-hybridized carbons (Fsp3) is 0.385. The molecule has 2 aliphatic rings. The molecule has 0 unspecified atom stereocenters. The zero-order valence-electron chi connectivity index (χ0n) is 19.2. The number of amides is 1. The second-order valence-corrected chi connectivity index (χ2v) is 8.36. The molecule has 33 heavy (non-hydrogen) atoms. The van der Waals surface area contributed by atoms with E-state index in [4.69, 9.17) is 14.2 Å². The van der Waals surface area contributed by atoms with Gasteiger partial charge in [0.25, 0.3) is 11.7 Å². The first-order valence-corrected chi connectivity index (χ1v) is 11.2. The van der Waals surface area contributed by atoms with Gasteiger partial charge in [0.1, 0.15) is 23.4 Å². The highest BCUT2D eigenvalue weighted by Crippen LogP contribution is 2.41. The van der Waals surface area contributed by atoms with Gasteiger partial charge >= 0.3 is 0 Å². The number of ketones is 1.